The van der Waals surface area contributed by atoms with Gasteiger partial charge < -0.3 is 9.30 Å². The second-order valence-corrected chi connectivity index (χ2v) is 5.58. The number of halogens is 1. The lowest BCUT2D eigenvalue weighted by Gasteiger charge is -2.08. The lowest BCUT2D eigenvalue weighted by Crippen LogP contribution is -2.07. The van der Waals surface area contributed by atoms with E-state index in [0.29, 0.717) is 17.2 Å². The fraction of sp³-hybridized carbons (Fsp3) is 0.278. The Kier molecular flexibility index (Phi) is 5.43. The summed E-state index contributed by atoms with van der Waals surface area (Å²) in [6, 6.07) is 11.7. The molecule has 0 bridgehead atoms. The summed E-state index contributed by atoms with van der Waals surface area (Å²) in [5, 5.41) is 10.1. The van der Waals surface area contributed by atoms with Crippen LogP contribution in [0.3, 0.4) is 0 Å². The van der Waals surface area contributed by atoms with E-state index in [0.717, 1.165) is 29.1 Å². The number of hydrogen-bond acceptors (Lipinski definition) is 2. The highest BCUT2D eigenvalue weighted by atomic mass is 35.5. The summed E-state index contributed by atoms with van der Waals surface area (Å²) in [7, 11) is 1.70. The van der Waals surface area contributed by atoms with Crippen LogP contribution in [0.15, 0.2) is 30.3 Å². The molecule has 0 N–H and O–H groups in total. The van der Waals surface area contributed by atoms with E-state index in [2.05, 4.69) is 30.6 Å². The molecule has 1 heterocycles. The predicted octanol–water partition coefficient (Wildman–Crippen LogP) is 4.47. The molecule has 0 radical (unpaired) electrons. The molecule has 0 unspecified atom stereocenters. The highest BCUT2D eigenvalue weighted by Gasteiger charge is 2.09. The molecule has 0 saturated heterocycles. The second kappa shape index (κ2) is 7.31. The zero-order valence-electron chi connectivity index (χ0n) is 13.1. The minimum atomic E-state index is 0.628. The lowest BCUT2D eigenvalue weighted by molar-refractivity contribution is 0.186. The summed E-state index contributed by atoms with van der Waals surface area (Å²) in [5.74, 6) is 0. The lowest BCUT2D eigenvalue weighted by atomic mass is 10.0. The van der Waals surface area contributed by atoms with Gasteiger partial charge in [-0.3, -0.25) is 0 Å². The molecule has 0 saturated carbocycles. The molecule has 4 heteroatoms. The number of hydrogen-bond donors (Lipinski definition) is 0. The first-order valence-corrected chi connectivity index (χ1v) is 7.48. The van der Waals surface area contributed by atoms with Gasteiger partial charge in [-0.25, -0.2) is 0 Å². The van der Waals surface area contributed by atoms with Crippen LogP contribution in [0.25, 0.3) is 11.6 Å². The topological polar surface area (TPSA) is 38.0 Å². The van der Waals surface area contributed by atoms with Crippen molar-refractivity contribution in [2.24, 2.45) is 0 Å². The van der Waals surface area contributed by atoms with E-state index in [4.69, 9.17) is 16.3 Å². The number of nitriles is 1. The van der Waals surface area contributed by atoms with E-state index in [1.165, 1.54) is 0 Å². The van der Waals surface area contributed by atoms with Gasteiger partial charge in [0.25, 0.3) is 0 Å². The van der Waals surface area contributed by atoms with Crippen molar-refractivity contribution in [2.45, 2.75) is 20.4 Å². The quantitative estimate of drug-likeness (QED) is 0.764. The molecule has 1 aromatic carbocycles. The Labute approximate surface area is 136 Å². The third kappa shape index (κ3) is 3.59. The number of aryl methyl sites for hydroxylation is 1. The van der Waals surface area contributed by atoms with Crippen molar-refractivity contribution in [2.75, 3.05) is 13.7 Å². The normalized spacial score (nSPS) is 11.5. The van der Waals surface area contributed by atoms with Gasteiger partial charge in [-0.1, -0.05) is 23.7 Å². The van der Waals surface area contributed by atoms with Crippen molar-refractivity contribution >= 4 is 23.3 Å². The minimum absolute atomic E-state index is 0.628. The summed E-state index contributed by atoms with van der Waals surface area (Å²) < 4.78 is 7.35. The molecule has 0 atom stereocenters. The molecule has 0 spiro atoms. The summed E-state index contributed by atoms with van der Waals surface area (Å²) in [6.07, 6.45) is 1.93. The van der Waals surface area contributed by atoms with Gasteiger partial charge in [0.15, 0.2) is 0 Å². The molecule has 0 aliphatic carbocycles. The SMILES string of the molecule is COCCn1c(C)cc(C=C(C#N)c2ccc(Cl)cc2)c1C. The Morgan fingerprint density at radius 3 is 2.59 bits per heavy atom. The van der Waals surface area contributed by atoms with Crippen LogP contribution in [0.4, 0.5) is 0 Å². The van der Waals surface area contributed by atoms with Crippen LogP contribution in [0.5, 0.6) is 0 Å². The van der Waals surface area contributed by atoms with E-state index in [1.54, 1.807) is 19.2 Å². The van der Waals surface area contributed by atoms with Crippen LogP contribution in [-0.2, 0) is 11.3 Å². The van der Waals surface area contributed by atoms with Crippen LogP contribution >= 0.6 is 11.6 Å². The van der Waals surface area contributed by atoms with Gasteiger partial charge in [-0.15, -0.1) is 0 Å². The van der Waals surface area contributed by atoms with Gasteiger partial charge in [0.1, 0.15) is 0 Å². The zero-order valence-corrected chi connectivity index (χ0v) is 13.8. The van der Waals surface area contributed by atoms with Crippen molar-refractivity contribution in [1.29, 1.82) is 5.26 Å². The maximum atomic E-state index is 9.44. The molecule has 22 heavy (non-hydrogen) atoms. The average Bonchev–Trinajstić information content (AvgIpc) is 2.78. The number of ether oxygens (including phenoxy) is 1. The summed E-state index contributed by atoms with van der Waals surface area (Å²) in [5.41, 5.74) is 4.85. The van der Waals surface area contributed by atoms with Gasteiger partial charge >= 0.3 is 0 Å². The van der Waals surface area contributed by atoms with Gasteiger partial charge in [0.05, 0.1) is 18.2 Å². The molecule has 3 nitrogen and oxygen atoms in total. The third-order valence-electron chi connectivity index (χ3n) is 3.71. The molecule has 0 aliphatic rings. The van der Waals surface area contributed by atoms with Gasteiger partial charge in [0.2, 0.25) is 0 Å². The van der Waals surface area contributed by atoms with Gasteiger partial charge in [-0.2, -0.15) is 5.26 Å². The van der Waals surface area contributed by atoms with Crippen molar-refractivity contribution in [3.8, 4) is 6.07 Å². The fourth-order valence-corrected chi connectivity index (χ4v) is 2.59. The first kappa shape index (κ1) is 16.4. The number of allylic oxidation sites excluding steroid dienone is 1. The number of nitrogens with zero attached hydrogens (tertiary/aromatic N) is 2. The minimum Gasteiger partial charge on any atom is -0.383 e. The average molecular weight is 315 g/mol. The van der Waals surface area contributed by atoms with Crippen LogP contribution in [0.2, 0.25) is 5.02 Å². The number of methoxy groups -OCH3 is 1. The molecular weight excluding hydrogens is 296 g/mol. The van der Waals surface area contributed by atoms with Crippen molar-refractivity contribution in [3.63, 3.8) is 0 Å². The van der Waals surface area contributed by atoms with Crippen molar-refractivity contribution in [1.82, 2.24) is 4.57 Å². The summed E-state index contributed by atoms with van der Waals surface area (Å²) in [6.45, 7) is 5.60. The first-order valence-electron chi connectivity index (χ1n) is 7.10. The zero-order chi connectivity index (χ0) is 16.1. The molecule has 2 aromatic rings. The molecular formula is C18H19ClN2O. The Balaban J connectivity index is 2.38. The molecule has 114 valence electrons. The Morgan fingerprint density at radius 2 is 2.00 bits per heavy atom. The fourth-order valence-electron chi connectivity index (χ4n) is 2.47. The summed E-state index contributed by atoms with van der Waals surface area (Å²) in [4.78, 5) is 0. The third-order valence-corrected chi connectivity index (χ3v) is 3.96. The first-order chi connectivity index (χ1) is 10.6. The largest absolute Gasteiger partial charge is 0.383 e. The predicted molar refractivity (Wildman–Crippen MR) is 90.7 cm³/mol. The molecule has 0 fully saturated rings. The Bertz CT molecular complexity index is 721. The van der Waals surface area contributed by atoms with Gasteiger partial charge in [-0.05, 0) is 49.2 Å². The van der Waals surface area contributed by atoms with Gasteiger partial charge in [0, 0.05) is 30.1 Å². The molecule has 0 aliphatic heterocycles. The number of aromatic nitrogens is 1. The van der Waals surface area contributed by atoms with E-state index in [9.17, 15) is 5.26 Å². The highest BCUT2D eigenvalue weighted by Crippen LogP contribution is 2.23. The molecule has 2 rings (SSSR count). The van der Waals surface area contributed by atoms with Crippen LogP contribution in [0, 0.1) is 25.2 Å². The standard InChI is InChI=1S/C18H19ClN2O/c1-13-10-16(14(2)21(13)8-9-22-3)11-17(12-20)15-4-6-18(19)7-5-15/h4-7,10-11H,8-9H2,1-3H3. The smallest absolute Gasteiger partial charge is 0.0998 e. The Morgan fingerprint density at radius 1 is 1.32 bits per heavy atom. The number of benzene rings is 1. The second-order valence-electron chi connectivity index (χ2n) is 5.15. The van der Waals surface area contributed by atoms with Crippen LogP contribution in [0.1, 0.15) is 22.5 Å². The van der Waals surface area contributed by atoms with Crippen molar-refractivity contribution in [3.05, 3.63) is 57.9 Å². The van der Waals surface area contributed by atoms with Crippen LogP contribution < -0.4 is 0 Å². The van der Waals surface area contributed by atoms with Crippen LogP contribution in [-0.4, -0.2) is 18.3 Å². The van der Waals surface area contributed by atoms with E-state index >= 15 is 0 Å². The molecule has 0 amide bonds. The maximum absolute atomic E-state index is 9.44. The van der Waals surface area contributed by atoms with E-state index in [1.807, 2.05) is 18.2 Å². The highest BCUT2D eigenvalue weighted by molar-refractivity contribution is 6.30. The number of rotatable bonds is 5. The Hall–Kier alpha value is -2.02. The monoisotopic (exact) mass is 314 g/mol. The summed E-state index contributed by atoms with van der Waals surface area (Å²) >= 11 is 5.90. The maximum Gasteiger partial charge on any atom is 0.0998 e. The van der Waals surface area contributed by atoms with Crippen molar-refractivity contribution < 1.29 is 4.74 Å². The molecule has 1 aromatic heterocycles. The van der Waals surface area contributed by atoms with E-state index in [-0.39, 0.29) is 0 Å². The van der Waals surface area contributed by atoms with E-state index < -0.39 is 0 Å².